The monoisotopic (exact) mass is 294 g/mol. The standard InChI is InChI=1S/C13H18N4O2S/c1-3-17-9-13(15-10-17)20(18,19)16-12-6-4-5-11(7-12)8-14-2/h4-7,9-10,14,16H,3,8H2,1-2H3. The first-order valence-corrected chi connectivity index (χ1v) is 7.81. The Labute approximate surface area is 118 Å². The first-order chi connectivity index (χ1) is 9.55. The van der Waals surface area contributed by atoms with Gasteiger partial charge in [0.25, 0.3) is 10.0 Å². The molecule has 2 N–H and O–H groups in total. The maximum absolute atomic E-state index is 12.2. The van der Waals surface area contributed by atoms with Crippen molar-refractivity contribution in [1.29, 1.82) is 0 Å². The summed E-state index contributed by atoms with van der Waals surface area (Å²) in [6, 6.07) is 7.26. The largest absolute Gasteiger partial charge is 0.336 e. The lowest BCUT2D eigenvalue weighted by Crippen LogP contribution is -2.14. The van der Waals surface area contributed by atoms with Crippen LogP contribution in [-0.4, -0.2) is 25.0 Å². The molecule has 7 heteroatoms. The molecule has 0 saturated carbocycles. The van der Waals surface area contributed by atoms with Gasteiger partial charge in [-0.3, -0.25) is 4.72 Å². The second-order valence-electron chi connectivity index (χ2n) is 4.38. The minimum atomic E-state index is -3.64. The van der Waals surface area contributed by atoms with E-state index in [1.807, 2.05) is 26.1 Å². The van der Waals surface area contributed by atoms with Crippen LogP contribution in [0.3, 0.4) is 0 Å². The minimum absolute atomic E-state index is 0.0263. The number of aromatic nitrogens is 2. The van der Waals surface area contributed by atoms with E-state index in [-0.39, 0.29) is 5.03 Å². The highest BCUT2D eigenvalue weighted by Gasteiger charge is 2.17. The molecule has 0 radical (unpaired) electrons. The second kappa shape index (κ2) is 6.06. The fourth-order valence-corrected chi connectivity index (χ4v) is 2.81. The normalized spacial score (nSPS) is 11.5. The Morgan fingerprint density at radius 3 is 2.80 bits per heavy atom. The van der Waals surface area contributed by atoms with Gasteiger partial charge in [0.15, 0.2) is 5.03 Å². The third-order valence-electron chi connectivity index (χ3n) is 2.81. The maximum atomic E-state index is 12.2. The highest BCUT2D eigenvalue weighted by molar-refractivity contribution is 7.92. The zero-order valence-corrected chi connectivity index (χ0v) is 12.3. The quantitative estimate of drug-likeness (QED) is 0.845. The highest BCUT2D eigenvalue weighted by atomic mass is 32.2. The fourth-order valence-electron chi connectivity index (χ4n) is 1.81. The van der Waals surface area contributed by atoms with E-state index in [9.17, 15) is 8.42 Å². The number of hydrogen-bond donors (Lipinski definition) is 2. The maximum Gasteiger partial charge on any atom is 0.280 e. The Balaban J connectivity index is 2.21. The molecule has 1 aromatic carbocycles. The summed E-state index contributed by atoms with van der Waals surface area (Å²) in [5.74, 6) is 0. The summed E-state index contributed by atoms with van der Waals surface area (Å²) in [7, 11) is -1.80. The predicted octanol–water partition coefficient (Wildman–Crippen LogP) is 1.42. The lowest BCUT2D eigenvalue weighted by atomic mass is 10.2. The van der Waals surface area contributed by atoms with Gasteiger partial charge in [0.05, 0.1) is 6.33 Å². The van der Waals surface area contributed by atoms with Gasteiger partial charge in [-0.2, -0.15) is 8.42 Å². The van der Waals surface area contributed by atoms with Crippen LogP contribution in [0.2, 0.25) is 0 Å². The topological polar surface area (TPSA) is 76.0 Å². The fraction of sp³-hybridized carbons (Fsp3) is 0.308. The van der Waals surface area contributed by atoms with Crippen molar-refractivity contribution < 1.29 is 8.42 Å². The Hall–Kier alpha value is -1.86. The van der Waals surface area contributed by atoms with Crippen molar-refractivity contribution in [3.8, 4) is 0 Å². The minimum Gasteiger partial charge on any atom is -0.336 e. The molecule has 20 heavy (non-hydrogen) atoms. The number of nitrogens with zero attached hydrogens (tertiary/aromatic N) is 2. The molecule has 0 saturated heterocycles. The van der Waals surface area contributed by atoms with E-state index in [1.165, 1.54) is 12.5 Å². The molecule has 0 bridgehead atoms. The smallest absolute Gasteiger partial charge is 0.280 e. The molecule has 0 aliphatic carbocycles. The molecule has 2 rings (SSSR count). The molecule has 0 atom stereocenters. The Bertz CT molecular complexity index is 679. The van der Waals surface area contributed by atoms with Gasteiger partial charge in [0, 0.05) is 25.0 Å². The van der Waals surface area contributed by atoms with Gasteiger partial charge in [-0.05, 0) is 31.7 Å². The van der Waals surface area contributed by atoms with Crippen LogP contribution in [0.1, 0.15) is 12.5 Å². The molecule has 0 fully saturated rings. The lowest BCUT2D eigenvalue weighted by Gasteiger charge is -2.07. The van der Waals surface area contributed by atoms with Gasteiger partial charge in [-0.25, -0.2) is 4.98 Å². The molecule has 0 spiro atoms. The number of aryl methyl sites for hydroxylation is 1. The molecule has 1 aromatic heterocycles. The average molecular weight is 294 g/mol. The average Bonchev–Trinajstić information content (AvgIpc) is 2.88. The molecule has 108 valence electrons. The predicted molar refractivity (Wildman–Crippen MR) is 77.9 cm³/mol. The number of sulfonamides is 1. The summed E-state index contributed by atoms with van der Waals surface area (Å²) >= 11 is 0. The van der Waals surface area contributed by atoms with Crippen LogP contribution < -0.4 is 10.0 Å². The van der Waals surface area contributed by atoms with E-state index in [4.69, 9.17) is 0 Å². The molecule has 0 amide bonds. The summed E-state index contributed by atoms with van der Waals surface area (Å²) in [6.07, 6.45) is 3.02. The number of nitrogens with one attached hydrogen (secondary N) is 2. The van der Waals surface area contributed by atoms with Gasteiger partial charge in [0.2, 0.25) is 0 Å². The second-order valence-corrected chi connectivity index (χ2v) is 6.01. The van der Waals surface area contributed by atoms with E-state index in [1.54, 1.807) is 16.7 Å². The van der Waals surface area contributed by atoms with Crippen molar-refractivity contribution in [2.75, 3.05) is 11.8 Å². The molecule has 0 aliphatic rings. The van der Waals surface area contributed by atoms with Crippen LogP contribution >= 0.6 is 0 Å². The SMILES string of the molecule is CCn1cnc(S(=O)(=O)Nc2cccc(CNC)c2)c1. The van der Waals surface area contributed by atoms with Crippen LogP contribution in [-0.2, 0) is 23.1 Å². The van der Waals surface area contributed by atoms with E-state index in [0.29, 0.717) is 18.8 Å². The summed E-state index contributed by atoms with van der Waals surface area (Å²) in [5.41, 5.74) is 1.54. The number of imidazole rings is 1. The van der Waals surface area contributed by atoms with Crippen molar-refractivity contribution in [3.05, 3.63) is 42.4 Å². The Morgan fingerprint density at radius 2 is 2.15 bits per heavy atom. The first kappa shape index (κ1) is 14.5. The van der Waals surface area contributed by atoms with E-state index in [2.05, 4.69) is 15.0 Å². The van der Waals surface area contributed by atoms with Crippen LogP contribution in [0.15, 0.2) is 41.8 Å². The third-order valence-corrected chi connectivity index (χ3v) is 4.08. The van der Waals surface area contributed by atoms with Gasteiger partial charge in [-0.15, -0.1) is 0 Å². The molecular weight excluding hydrogens is 276 g/mol. The van der Waals surface area contributed by atoms with Crippen LogP contribution in [0.25, 0.3) is 0 Å². The van der Waals surface area contributed by atoms with E-state index < -0.39 is 10.0 Å². The summed E-state index contributed by atoms with van der Waals surface area (Å²) in [5, 5.41) is 3.05. The first-order valence-electron chi connectivity index (χ1n) is 6.33. The van der Waals surface area contributed by atoms with Gasteiger partial charge < -0.3 is 9.88 Å². The van der Waals surface area contributed by atoms with Gasteiger partial charge >= 0.3 is 0 Å². The van der Waals surface area contributed by atoms with Crippen molar-refractivity contribution in [1.82, 2.24) is 14.9 Å². The van der Waals surface area contributed by atoms with Gasteiger partial charge in [0.1, 0.15) is 0 Å². The van der Waals surface area contributed by atoms with Crippen molar-refractivity contribution in [3.63, 3.8) is 0 Å². The van der Waals surface area contributed by atoms with Crippen LogP contribution in [0, 0.1) is 0 Å². The Morgan fingerprint density at radius 1 is 1.35 bits per heavy atom. The molecule has 6 nitrogen and oxygen atoms in total. The molecule has 2 aromatic rings. The zero-order chi connectivity index (χ0) is 14.6. The number of hydrogen-bond acceptors (Lipinski definition) is 4. The highest BCUT2D eigenvalue weighted by Crippen LogP contribution is 2.16. The van der Waals surface area contributed by atoms with E-state index in [0.717, 1.165) is 5.56 Å². The molecule has 0 aliphatic heterocycles. The Kier molecular flexibility index (Phi) is 4.41. The summed E-state index contributed by atoms with van der Waals surface area (Å²) in [6.45, 7) is 3.28. The van der Waals surface area contributed by atoms with Crippen molar-refractivity contribution >= 4 is 15.7 Å². The summed E-state index contributed by atoms with van der Waals surface area (Å²) < 4.78 is 28.6. The summed E-state index contributed by atoms with van der Waals surface area (Å²) in [4.78, 5) is 3.91. The molecular formula is C13H18N4O2S. The number of rotatable bonds is 6. The van der Waals surface area contributed by atoms with E-state index >= 15 is 0 Å². The molecule has 0 unspecified atom stereocenters. The van der Waals surface area contributed by atoms with Crippen LogP contribution in [0.5, 0.6) is 0 Å². The molecule has 1 heterocycles. The van der Waals surface area contributed by atoms with Gasteiger partial charge in [-0.1, -0.05) is 12.1 Å². The van der Waals surface area contributed by atoms with Crippen LogP contribution in [0.4, 0.5) is 5.69 Å². The zero-order valence-electron chi connectivity index (χ0n) is 11.5. The van der Waals surface area contributed by atoms with Crippen molar-refractivity contribution in [2.45, 2.75) is 25.0 Å². The number of anilines is 1. The third kappa shape index (κ3) is 3.37. The van der Waals surface area contributed by atoms with Crippen molar-refractivity contribution in [2.24, 2.45) is 0 Å². The lowest BCUT2D eigenvalue weighted by molar-refractivity contribution is 0.598. The number of benzene rings is 1.